The molecule has 1 N–H and O–H groups in total. The molecule has 0 spiro atoms. The molecule has 0 aromatic heterocycles. The van der Waals surface area contributed by atoms with Crippen LogP contribution in [0.25, 0.3) is 0 Å². The fraction of sp³-hybridized carbons (Fsp3) is 0.185. The van der Waals surface area contributed by atoms with Gasteiger partial charge in [-0.2, -0.15) is 5.10 Å². The SMILES string of the molecule is C=CCOc1ccc(C(=O)N/N=C/c2ccc(OCc3ccc(Br)cc3)c(OCC)c2)cc1OC. The molecular weight excluding hydrogens is 512 g/mol. The van der Waals surface area contributed by atoms with Crippen LogP contribution in [0.5, 0.6) is 23.0 Å². The van der Waals surface area contributed by atoms with Crippen molar-refractivity contribution in [3.8, 4) is 23.0 Å². The summed E-state index contributed by atoms with van der Waals surface area (Å²) in [5, 5.41) is 4.07. The minimum Gasteiger partial charge on any atom is -0.493 e. The summed E-state index contributed by atoms with van der Waals surface area (Å²) in [4.78, 5) is 12.5. The summed E-state index contributed by atoms with van der Waals surface area (Å²) >= 11 is 3.43. The second-order valence-corrected chi connectivity index (χ2v) is 8.13. The van der Waals surface area contributed by atoms with Gasteiger partial charge in [0.05, 0.1) is 19.9 Å². The van der Waals surface area contributed by atoms with E-state index >= 15 is 0 Å². The highest BCUT2D eigenvalue weighted by Crippen LogP contribution is 2.29. The molecule has 0 unspecified atom stereocenters. The molecule has 3 rings (SSSR count). The number of halogens is 1. The molecule has 0 radical (unpaired) electrons. The van der Waals surface area contributed by atoms with Crippen molar-refractivity contribution < 1.29 is 23.7 Å². The topological polar surface area (TPSA) is 78.4 Å². The van der Waals surface area contributed by atoms with Crippen molar-refractivity contribution in [1.29, 1.82) is 0 Å². The first-order valence-electron chi connectivity index (χ1n) is 10.9. The van der Waals surface area contributed by atoms with Gasteiger partial charge in [0, 0.05) is 10.0 Å². The Labute approximate surface area is 213 Å². The Bertz CT molecular complexity index is 1180. The van der Waals surface area contributed by atoms with Crippen molar-refractivity contribution in [2.45, 2.75) is 13.5 Å². The second-order valence-electron chi connectivity index (χ2n) is 7.22. The minimum atomic E-state index is -0.380. The maximum Gasteiger partial charge on any atom is 0.271 e. The summed E-state index contributed by atoms with van der Waals surface area (Å²) in [6.07, 6.45) is 3.17. The van der Waals surface area contributed by atoms with Crippen molar-refractivity contribution in [3.05, 3.63) is 94.5 Å². The maximum atomic E-state index is 12.5. The van der Waals surface area contributed by atoms with E-state index < -0.39 is 0 Å². The number of benzene rings is 3. The molecule has 0 aliphatic heterocycles. The number of methoxy groups -OCH3 is 1. The average Bonchev–Trinajstić information content (AvgIpc) is 2.88. The van der Waals surface area contributed by atoms with Crippen LogP contribution in [0.15, 0.2) is 82.9 Å². The van der Waals surface area contributed by atoms with Gasteiger partial charge in [0.1, 0.15) is 13.2 Å². The molecule has 3 aromatic rings. The molecular formula is C27H27BrN2O5. The zero-order valence-electron chi connectivity index (χ0n) is 19.6. The van der Waals surface area contributed by atoms with Crippen molar-refractivity contribution >= 4 is 28.1 Å². The molecule has 0 saturated heterocycles. The van der Waals surface area contributed by atoms with Gasteiger partial charge >= 0.3 is 0 Å². The zero-order valence-corrected chi connectivity index (χ0v) is 21.2. The van der Waals surface area contributed by atoms with E-state index in [1.165, 1.54) is 13.3 Å². The van der Waals surface area contributed by atoms with Crippen LogP contribution in [0, 0.1) is 0 Å². The van der Waals surface area contributed by atoms with E-state index in [-0.39, 0.29) is 5.91 Å². The van der Waals surface area contributed by atoms with Crippen LogP contribution in [0.2, 0.25) is 0 Å². The number of ether oxygens (including phenoxy) is 4. The molecule has 35 heavy (non-hydrogen) atoms. The Morgan fingerprint density at radius 1 is 0.971 bits per heavy atom. The fourth-order valence-electron chi connectivity index (χ4n) is 3.04. The van der Waals surface area contributed by atoms with Crippen LogP contribution < -0.4 is 24.4 Å². The van der Waals surface area contributed by atoms with Crippen molar-refractivity contribution in [2.75, 3.05) is 20.3 Å². The highest BCUT2D eigenvalue weighted by atomic mass is 79.9. The third kappa shape index (κ3) is 7.61. The number of nitrogens with one attached hydrogen (secondary N) is 1. The quantitative estimate of drug-likeness (QED) is 0.180. The van der Waals surface area contributed by atoms with Gasteiger partial charge in [0.2, 0.25) is 0 Å². The highest BCUT2D eigenvalue weighted by molar-refractivity contribution is 9.10. The maximum absolute atomic E-state index is 12.5. The van der Waals surface area contributed by atoms with E-state index in [4.69, 9.17) is 18.9 Å². The van der Waals surface area contributed by atoms with Crippen LogP contribution in [-0.2, 0) is 6.61 Å². The monoisotopic (exact) mass is 538 g/mol. The fourth-order valence-corrected chi connectivity index (χ4v) is 3.31. The summed E-state index contributed by atoms with van der Waals surface area (Å²) in [6, 6.07) is 18.3. The van der Waals surface area contributed by atoms with E-state index in [2.05, 4.69) is 33.0 Å². The van der Waals surface area contributed by atoms with Gasteiger partial charge in [0.15, 0.2) is 23.0 Å². The van der Waals surface area contributed by atoms with Crippen LogP contribution in [0.3, 0.4) is 0 Å². The summed E-state index contributed by atoms with van der Waals surface area (Å²) < 4.78 is 23.5. The first kappa shape index (κ1) is 25.8. The number of hydrogen-bond acceptors (Lipinski definition) is 6. The van der Waals surface area contributed by atoms with E-state index in [9.17, 15) is 4.79 Å². The first-order valence-corrected chi connectivity index (χ1v) is 11.7. The van der Waals surface area contributed by atoms with Gasteiger partial charge in [-0.1, -0.05) is 40.7 Å². The molecule has 0 fully saturated rings. The molecule has 0 atom stereocenters. The Morgan fingerprint density at radius 2 is 1.71 bits per heavy atom. The summed E-state index contributed by atoms with van der Waals surface area (Å²) in [5.41, 5.74) is 4.69. The lowest BCUT2D eigenvalue weighted by atomic mass is 10.2. The van der Waals surface area contributed by atoms with Crippen LogP contribution in [0.4, 0.5) is 0 Å². The smallest absolute Gasteiger partial charge is 0.271 e. The highest BCUT2D eigenvalue weighted by Gasteiger charge is 2.11. The number of amides is 1. The van der Waals surface area contributed by atoms with Crippen molar-refractivity contribution in [1.82, 2.24) is 5.43 Å². The molecule has 0 bridgehead atoms. The molecule has 7 nitrogen and oxygen atoms in total. The second kappa shape index (κ2) is 13.2. The summed E-state index contributed by atoms with van der Waals surface area (Å²) in [6.45, 7) is 6.76. The van der Waals surface area contributed by atoms with Crippen molar-refractivity contribution in [3.63, 3.8) is 0 Å². The van der Waals surface area contributed by atoms with Gasteiger partial charge in [0.25, 0.3) is 5.91 Å². The third-order valence-corrected chi connectivity index (χ3v) is 5.27. The van der Waals surface area contributed by atoms with Gasteiger partial charge in [-0.3, -0.25) is 4.79 Å². The lowest BCUT2D eigenvalue weighted by Crippen LogP contribution is -2.17. The number of carbonyl (C=O) groups is 1. The predicted octanol–water partition coefficient (Wildman–Crippen LogP) is 5.76. The van der Waals surface area contributed by atoms with Gasteiger partial charge in [-0.25, -0.2) is 5.43 Å². The number of hydrazone groups is 1. The van der Waals surface area contributed by atoms with Gasteiger partial charge in [-0.15, -0.1) is 0 Å². The number of rotatable bonds is 12. The lowest BCUT2D eigenvalue weighted by molar-refractivity contribution is 0.0954. The normalized spacial score (nSPS) is 10.6. The Morgan fingerprint density at radius 3 is 2.43 bits per heavy atom. The van der Waals surface area contributed by atoms with Gasteiger partial charge < -0.3 is 18.9 Å². The number of hydrogen-bond donors (Lipinski definition) is 1. The Balaban J connectivity index is 1.64. The van der Waals surface area contributed by atoms with Crippen LogP contribution in [-0.4, -0.2) is 32.4 Å². The molecule has 0 saturated carbocycles. The molecule has 1 amide bonds. The minimum absolute atomic E-state index is 0.337. The lowest BCUT2D eigenvalue weighted by Gasteiger charge is -2.13. The molecule has 0 aliphatic rings. The Hall–Kier alpha value is -3.78. The van der Waals surface area contributed by atoms with Crippen LogP contribution in [0.1, 0.15) is 28.4 Å². The first-order chi connectivity index (χ1) is 17.0. The molecule has 0 heterocycles. The predicted molar refractivity (Wildman–Crippen MR) is 140 cm³/mol. The Kier molecular flexibility index (Phi) is 9.74. The molecule has 8 heteroatoms. The molecule has 3 aromatic carbocycles. The van der Waals surface area contributed by atoms with E-state index in [1.54, 1.807) is 24.3 Å². The number of nitrogens with zero attached hydrogens (tertiary/aromatic N) is 1. The van der Waals surface area contributed by atoms with E-state index in [1.807, 2.05) is 49.4 Å². The zero-order chi connectivity index (χ0) is 25.0. The largest absolute Gasteiger partial charge is 0.493 e. The number of carbonyl (C=O) groups excluding carboxylic acids is 1. The summed E-state index contributed by atoms with van der Waals surface area (Å²) in [7, 11) is 1.51. The third-order valence-electron chi connectivity index (χ3n) is 4.74. The molecule has 182 valence electrons. The van der Waals surface area contributed by atoms with E-state index in [0.717, 1.165) is 15.6 Å². The van der Waals surface area contributed by atoms with Crippen LogP contribution >= 0.6 is 15.9 Å². The van der Waals surface area contributed by atoms with E-state index in [0.29, 0.717) is 48.4 Å². The standard InChI is InChI=1S/C27H27BrN2O5/c1-4-14-34-23-13-9-21(16-25(23)32-3)27(31)30-29-17-20-8-12-24(26(15-20)33-5-2)35-18-19-6-10-22(28)11-7-19/h4,6-13,15-17H,1,5,14,18H2,2-3H3,(H,30,31)/b29-17+. The van der Waals surface area contributed by atoms with Gasteiger partial charge in [-0.05, 0) is 66.6 Å². The van der Waals surface area contributed by atoms with Crippen molar-refractivity contribution in [2.24, 2.45) is 5.10 Å². The molecule has 0 aliphatic carbocycles. The summed E-state index contributed by atoms with van der Waals surface area (Å²) in [5.74, 6) is 1.82. The average molecular weight is 539 g/mol.